The number of ether oxygens (including phenoxy) is 1. The van der Waals surface area contributed by atoms with Crippen molar-refractivity contribution in [1.82, 2.24) is 10.3 Å². The molecule has 35 heavy (non-hydrogen) atoms. The molecule has 172 valence electrons. The molecule has 1 N–H and O–H groups in total. The summed E-state index contributed by atoms with van der Waals surface area (Å²) in [6.45, 7) is 1.33. The molecule has 6 heteroatoms. The van der Waals surface area contributed by atoms with Crippen LogP contribution in [-0.2, 0) is 15.8 Å². The van der Waals surface area contributed by atoms with Crippen LogP contribution in [0.1, 0.15) is 67.9 Å². The molecule has 3 aromatic rings. The molecule has 6 rings (SSSR count). The van der Waals surface area contributed by atoms with Crippen molar-refractivity contribution >= 4 is 23.9 Å². The van der Waals surface area contributed by atoms with E-state index in [4.69, 9.17) is 10.00 Å². The minimum Gasteiger partial charge on any atom is -0.449 e. The second-order valence-corrected chi connectivity index (χ2v) is 9.49. The third-order valence-corrected chi connectivity index (χ3v) is 7.42. The van der Waals surface area contributed by atoms with Crippen LogP contribution in [0, 0.1) is 11.3 Å². The lowest BCUT2D eigenvalue weighted by Crippen LogP contribution is -2.29. The molecule has 0 radical (unpaired) electrons. The fourth-order valence-electron chi connectivity index (χ4n) is 5.26. The van der Waals surface area contributed by atoms with Crippen LogP contribution in [0.25, 0.3) is 12.2 Å². The average molecular weight is 462 g/mol. The number of pyridine rings is 1. The monoisotopic (exact) mass is 461 g/mol. The Morgan fingerprint density at radius 2 is 1.69 bits per heavy atom. The number of carbonyl (C=O) groups is 2. The Labute approximate surface area is 203 Å². The first-order valence-electron chi connectivity index (χ1n) is 11.8. The summed E-state index contributed by atoms with van der Waals surface area (Å²) < 4.78 is 5.78. The second kappa shape index (κ2) is 8.00. The molecule has 1 atom stereocenters. The molecule has 0 bridgehead atoms. The summed E-state index contributed by atoms with van der Waals surface area (Å²) in [5.41, 5.74) is 3.64. The maximum absolute atomic E-state index is 13.8. The van der Waals surface area contributed by atoms with Crippen molar-refractivity contribution in [3.8, 4) is 6.07 Å². The van der Waals surface area contributed by atoms with Gasteiger partial charge in [0, 0.05) is 24.7 Å². The molecule has 1 spiro atoms. The Hall–Kier alpha value is -4.08. The van der Waals surface area contributed by atoms with Crippen LogP contribution < -0.4 is 5.32 Å². The van der Waals surface area contributed by atoms with Gasteiger partial charge in [-0.15, -0.1) is 0 Å². The number of ketones is 1. The molecule has 1 unspecified atom stereocenters. The van der Waals surface area contributed by atoms with Crippen molar-refractivity contribution in [2.75, 3.05) is 13.1 Å². The number of carbonyl (C=O) groups excluding carboxylic acids is 2. The largest absolute Gasteiger partial charge is 0.449 e. The van der Waals surface area contributed by atoms with Crippen LogP contribution in [0.5, 0.6) is 0 Å². The van der Waals surface area contributed by atoms with Crippen molar-refractivity contribution in [3.05, 3.63) is 99.9 Å². The Morgan fingerprint density at radius 1 is 1.00 bits per heavy atom. The minimum absolute atomic E-state index is 0.102. The molecule has 1 aromatic heterocycles. The number of rotatable bonds is 5. The van der Waals surface area contributed by atoms with Crippen LogP contribution in [0.4, 0.5) is 0 Å². The van der Waals surface area contributed by atoms with Gasteiger partial charge in [-0.1, -0.05) is 48.6 Å². The normalized spacial score (nSPS) is 21.6. The van der Waals surface area contributed by atoms with Crippen LogP contribution in [0.2, 0.25) is 0 Å². The van der Waals surface area contributed by atoms with Crippen molar-refractivity contribution in [2.45, 2.75) is 30.3 Å². The highest BCUT2D eigenvalue weighted by Gasteiger charge is 2.55. The van der Waals surface area contributed by atoms with E-state index in [-0.39, 0.29) is 11.5 Å². The number of esters is 1. The summed E-state index contributed by atoms with van der Waals surface area (Å²) >= 11 is 0. The van der Waals surface area contributed by atoms with Crippen molar-refractivity contribution in [1.29, 1.82) is 5.26 Å². The number of nitriles is 1. The van der Waals surface area contributed by atoms with Gasteiger partial charge < -0.3 is 10.1 Å². The number of nitrogens with zero attached hydrogens (tertiary/aromatic N) is 2. The molecule has 6 nitrogen and oxygen atoms in total. The number of hydrogen-bond acceptors (Lipinski definition) is 6. The standard InChI is InChI=1S/C29H23N3O3/c30-17-21-5-3-19(4-6-21)1-2-20-7-9-22(10-8-20)28(12-13-28)26(33)25-24-23(11-15-32-25)29(35-27(24)34)14-16-31-18-29/h1-11,15,31H,12-14,16,18H2/b2-1+. The zero-order chi connectivity index (χ0) is 24.0. The molecule has 2 aromatic carbocycles. The third kappa shape index (κ3) is 3.48. The highest BCUT2D eigenvalue weighted by Crippen LogP contribution is 2.52. The third-order valence-electron chi connectivity index (χ3n) is 7.42. The van der Waals surface area contributed by atoms with Crippen LogP contribution in [-0.4, -0.2) is 29.8 Å². The van der Waals surface area contributed by atoms with Gasteiger partial charge in [0.05, 0.1) is 22.6 Å². The molecule has 1 saturated heterocycles. The lowest BCUT2D eigenvalue weighted by atomic mass is 9.85. The Balaban J connectivity index is 1.26. The van der Waals surface area contributed by atoms with E-state index in [1.54, 1.807) is 18.3 Å². The minimum atomic E-state index is -0.677. The van der Waals surface area contributed by atoms with E-state index < -0.39 is 17.0 Å². The fraction of sp³-hybridized carbons (Fsp3) is 0.241. The molecule has 1 saturated carbocycles. The van der Waals surface area contributed by atoms with Gasteiger partial charge in [-0.2, -0.15) is 5.26 Å². The fourth-order valence-corrected chi connectivity index (χ4v) is 5.26. The highest BCUT2D eigenvalue weighted by molar-refractivity contribution is 6.12. The van der Waals surface area contributed by atoms with Crippen molar-refractivity contribution in [2.24, 2.45) is 0 Å². The van der Waals surface area contributed by atoms with Crippen molar-refractivity contribution < 1.29 is 14.3 Å². The van der Waals surface area contributed by atoms with Gasteiger partial charge >= 0.3 is 5.97 Å². The topological polar surface area (TPSA) is 92.1 Å². The van der Waals surface area contributed by atoms with Gasteiger partial charge in [0.2, 0.25) is 0 Å². The number of benzene rings is 2. The zero-order valence-corrected chi connectivity index (χ0v) is 19.1. The van der Waals surface area contributed by atoms with Gasteiger partial charge in [-0.3, -0.25) is 9.78 Å². The molecular formula is C29H23N3O3. The maximum atomic E-state index is 13.8. The first-order chi connectivity index (χ1) is 17.0. The molecule has 3 heterocycles. The number of fused-ring (bicyclic) bond motifs is 2. The summed E-state index contributed by atoms with van der Waals surface area (Å²) in [4.78, 5) is 31.0. The Bertz CT molecular complexity index is 1410. The molecule has 1 aliphatic carbocycles. The number of aromatic nitrogens is 1. The Morgan fingerprint density at radius 3 is 2.29 bits per heavy atom. The van der Waals surface area contributed by atoms with E-state index in [2.05, 4.69) is 16.4 Å². The predicted octanol–water partition coefficient (Wildman–Crippen LogP) is 4.40. The maximum Gasteiger partial charge on any atom is 0.341 e. The lowest BCUT2D eigenvalue weighted by molar-refractivity contribution is 0.00158. The molecule has 0 amide bonds. The van der Waals surface area contributed by atoms with Gasteiger partial charge in [0.25, 0.3) is 0 Å². The van der Waals surface area contributed by atoms with E-state index in [9.17, 15) is 9.59 Å². The molecule has 2 fully saturated rings. The summed E-state index contributed by atoms with van der Waals surface area (Å²) in [6.07, 6.45) is 7.79. The van der Waals surface area contributed by atoms with E-state index in [1.807, 2.05) is 54.6 Å². The van der Waals surface area contributed by atoms with Gasteiger partial charge in [0.15, 0.2) is 11.4 Å². The number of hydrogen-bond donors (Lipinski definition) is 1. The molecule has 3 aliphatic rings. The number of nitrogens with one attached hydrogen (secondary N) is 1. The van der Waals surface area contributed by atoms with Crippen LogP contribution in [0.3, 0.4) is 0 Å². The number of Topliss-reactive ketones (excluding diaryl/α,β-unsaturated/α-hetero) is 1. The van der Waals surface area contributed by atoms with E-state index >= 15 is 0 Å². The van der Waals surface area contributed by atoms with Crippen LogP contribution >= 0.6 is 0 Å². The Kier molecular flexibility index (Phi) is 4.91. The SMILES string of the molecule is N#Cc1ccc(/C=C/c2ccc(C3(C(=O)c4nccc5c4C(=O)OC54CCNC4)CC3)cc2)cc1. The van der Waals surface area contributed by atoms with Crippen LogP contribution in [0.15, 0.2) is 60.8 Å². The second-order valence-electron chi connectivity index (χ2n) is 9.49. The quantitative estimate of drug-likeness (QED) is 0.344. The molecule has 2 aliphatic heterocycles. The van der Waals surface area contributed by atoms with E-state index in [0.717, 1.165) is 41.6 Å². The first kappa shape index (κ1) is 21.5. The van der Waals surface area contributed by atoms with E-state index in [1.165, 1.54) is 0 Å². The average Bonchev–Trinajstić information content (AvgIpc) is 3.50. The summed E-state index contributed by atoms with van der Waals surface area (Å²) in [6, 6.07) is 19.3. The lowest BCUT2D eigenvalue weighted by Gasteiger charge is -2.21. The highest BCUT2D eigenvalue weighted by atomic mass is 16.6. The van der Waals surface area contributed by atoms with Gasteiger partial charge in [-0.25, -0.2) is 4.79 Å². The smallest absolute Gasteiger partial charge is 0.341 e. The zero-order valence-electron chi connectivity index (χ0n) is 19.1. The summed E-state index contributed by atoms with van der Waals surface area (Å²) in [5, 5.41) is 12.2. The predicted molar refractivity (Wildman–Crippen MR) is 131 cm³/mol. The summed E-state index contributed by atoms with van der Waals surface area (Å²) in [5.74, 6) is -0.547. The first-order valence-corrected chi connectivity index (χ1v) is 11.8. The molecular weight excluding hydrogens is 438 g/mol. The van der Waals surface area contributed by atoms with E-state index in [0.29, 0.717) is 24.1 Å². The van der Waals surface area contributed by atoms with Crippen molar-refractivity contribution in [3.63, 3.8) is 0 Å². The van der Waals surface area contributed by atoms with Gasteiger partial charge in [0.1, 0.15) is 5.69 Å². The summed E-state index contributed by atoms with van der Waals surface area (Å²) in [7, 11) is 0. The van der Waals surface area contributed by atoms with Gasteiger partial charge in [-0.05, 0) is 54.3 Å².